The third-order valence-corrected chi connectivity index (χ3v) is 3.58. The minimum absolute atomic E-state index is 0.00184. The van der Waals surface area contributed by atoms with Crippen LogP contribution in [0.5, 0.6) is 0 Å². The first-order valence-corrected chi connectivity index (χ1v) is 5.54. The molecule has 0 fully saturated rings. The molecule has 0 N–H and O–H groups in total. The molecule has 1 aromatic rings. The lowest BCUT2D eigenvalue weighted by Gasteiger charge is -2.09. The van der Waals surface area contributed by atoms with E-state index in [0.717, 1.165) is 6.20 Å². The Kier molecular flexibility index (Phi) is 4.57. The van der Waals surface area contributed by atoms with Crippen molar-refractivity contribution in [2.24, 2.45) is 0 Å². The van der Waals surface area contributed by atoms with Crippen LogP contribution in [-0.2, 0) is 16.0 Å². The molecule has 6 heteroatoms. The maximum atomic E-state index is 12.5. The fourth-order valence-electron chi connectivity index (χ4n) is 1.18. The van der Waals surface area contributed by atoms with Crippen LogP contribution in [0.4, 0.5) is 8.78 Å². The van der Waals surface area contributed by atoms with E-state index in [4.69, 9.17) is 0 Å². The molecular weight excluding hydrogens is 331 g/mol. The van der Waals surface area contributed by atoms with E-state index in [0.29, 0.717) is 14.8 Å². The molecule has 0 saturated carbocycles. The third-order valence-electron chi connectivity index (χ3n) is 2.15. The summed E-state index contributed by atoms with van der Waals surface area (Å²) in [5, 5.41) is 0. The van der Waals surface area contributed by atoms with Gasteiger partial charge in [-0.2, -0.15) is 0 Å². The molecule has 0 saturated heterocycles. The minimum atomic E-state index is -2.55. The number of hydrogen-bond donors (Lipinski definition) is 0. The normalized spacial score (nSPS) is 10.6. The van der Waals surface area contributed by atoms with E-state index < -0.39 is 12.4 Å². The lowest BCUT2D eigenvalue weighted by Crippen LogP contribution is -2.09. The molecule has 0 unspecified atom stereocenters. The Morgan fingerprint density at radius 3 is 2.75 bits per heavy atom. The van der Waals surface area contributed by atoms with E-state index in [-0.39, 0.29) is 12.0 Å². The number of hydrogen-bond acceptors (Lipinski definition) is 3. The summed E-state index contributed by atoms with van der Waals surface area (Å²) in [6, 6.07) is 0. The van der Waals surface area contributed by atoms with E-state index >= 15 is 0 Å². The van der Waals surface area contributed by atoms with Gasteiger partial charge in [0.05, 0.1) is 19.2 Å². The van der Waals surface area contributed by atoms with Crippen LogP contribution in [0.15, 0.2) is 6.20 Å². The van der Waals surface area contributed by atoms with Crippen molar-refractivity contribution in [2.45, 2.75) is 19.8 Å². The van der Waals surface area contributed by atoms with Crippen LogP contribution in [0.25, 0.3) is 0 Å². The van der Waals surface area contributed by atoms with Crippen molar-refractivity contribution in [3.63, 3.8) is 0 Å². The highest BCUT2D eigenvalue weighted by Crippen LogP contribution is 2.27. The molecular formula is C10H10F2INO2. The molecule has 0 aromatic carbocycles. The van der Waals surface area contributed by atoms with Crippen molar-refractivity contribution in [3.05, 3.63) is 26.6 Å². The van der Waals surface area contributed by atoms with Crippen LogP contribution < -0.4 is 0 Å². The standard InChI is InChI=1S/C10H10F2INO2/c1-5-7(3-8(15)16-2)14-4-6(9(5)13)10(11)12/h4,10H,3H2,1-2H3. The Morgan fingerprint density at radius 1 is 1.62 bits per heavy atom. The van der Waals surface area contributed by atoms with Crippen molar-refractivity contribution in [1.29, 1.82) is 0 Å². The number of esters is 1. The van der Waals surface area contributed by atoms with E-state index in [1.165, 1.54) is 7.11 Å². The Bertz CT molecular complexity index is 410. The topological polar surface area (TPSA) is 39.2 Å². The van der Waals surface area contributed by atoms with Crippen molar-refractivity contribution >= 4 is 28.6 Å². The Labute approximate surface area is 105 Å². The van der Waals surface area contributed by atoms with E-state index in [1.807, 2.05) is 22.6 Å². The lowest BCUT2D eigenvalue weighted by atomic mass is 10.1. The highest BCUT2D eigenvalue weighted by atomic mass is 127. The monoisotopic (exact) mass is 341 g/mol. The predicted octanol–water partition coefficient (Wildman–Crippen LogP) is 2.65. The Morgan fingerprint density at radius 2 is 2.25 bits per heavy atom. The summed E-state index contributed by atoms with van der Waals surface area (Å²) < 4.78 is 30.0. The number of methoxy groups -OCH3 is 1. The molecule has 1 rings (SSSR count). The van der Waals surface area contributed by atoms with Gasteiger partial charge in [-0.15, -0.1) is 0 Å². The number of carbonyl (C=O) groups excluding carboxylic acids is 1. The molecule has 0 spiro atoms. The second kappa shape index (κ2) is 5.51. The van der Waals surface area contributed by atoms with E-state index in [9.17, 15) is 13.6 Å². The summed E-state index contributed by atoms with van der Waals surface area (Å²) in [5.74, 6) is -0.434. The van der Waals surface area contributed by atoms with Crippen molar-refractivity contribution < 1.29 is 18.3 Å². The summed E-state index contributed by atoms with van der Waals surface area (Å²) in [4.78, 5) is 14.9. The number of nitrogens with zero attached hydrogens (tertiary/aromatic N) is 1. The highest BCUT2D eigenvalue weighted by Gasteiger charge is 2.17. The van der Waals surface area contributed by atoms with Gasteiger partial charge in [0.1, 0.15) is 0 Å². The highest BCUT2D eigenvalue weighted by molar-refractivity contribution is 14.1. The van der Waals surface area contributed by atoms with Gasteiger partial charge in [0.15, 0.2) is 0 Å². The second-order valence-corrected chi connectivity index (χ2v) is 4.23. The van der Waals surface area contributed by atoms with Crippen molar-refractivity contribution in [3.8, 4) is 0 Å². The lowest BCUT2D eigenvalue weighted by molar-refractivity contribution is -0.139. The van der Waals surface area contributed by atoms with Crippen LogP contribution in [0.1, 0.15) is 23.2 Å². The number of carbonyl (C=O) groups is 1. The first-order chi connectivity index (χ1) is 7.47. The Hall–Kier alpha value is -0.790. The van der Waals surface area contributed by atoms with Gasteiger partial charge in [-0.05, 0) is 35.1 Å². The van der Waals surface area contributed by atoms with Gasteiger partial charge in [-0.1, -0.05) is 0 Å². The fraction of sp³-hybridized carbons (Fsp3) is 0.400. The summed E-state index contributed by atoms with van der Waals surface area (Å²) in [5.41, 5.74) is 0.969. The Balaban J connectivity index is 3.07. The van der Waals surface area contributed by atoms with Crippen LogP contribution in [-0.4, -0.2) is 18.1 Å². The smallest absolute Gasteiger partial charge is 0.311 e. The van der Waals surface area contributed by atoms with Crippen molar-refractivity contribution in [2.75, 3.05) is 7.11 Å². The molecule has 16 heavy (non-hydrogen) atoms. The molecule has 0 aliphatic rings. The zero-order chi connectivity index (χ0) is 12.3. The molecule has 0 radical (unpaired) electrons. The molecule has 1 heterocycles. The zero-order valence-corrected chi connectivity index (χ0v) is 10.9. The summed E-state index contributed by atoms with van der Waals surface area (Å²) >= 11 is 1.83. The molecule has 88 valence electrons. The predicted molar refractivity (Wildman–Crippen MR) is 62.4 cm³/mol. The SMILES string of the molecule is COC(=O)Cc1ncc(C(F)F)c(I)c1C. The number of pyridine rings is 1. The third kappa shape index (κ3) is 2.87. The fourth-order valence-corrected chi connectivity index (χ4v) is 1.87. The maximum absolute atomic E-state index is 12.5. The maximum Gasteiger partial charge on any atom is 0.311 e. The quantitative estimate of drug-likeness (QED) is 0.627. The number of aromatic nitrogens is 1. The molecule has 0 aliphatic heterocycles. The van der Waals surface area contributed by atoms with Crippen LogP contribution in [0, 0.1) is 10.5 Å². The second-order valence-electron chi connectivity index (χ2n) is 3.15. The van der Waals surface area contributed by atoms with Gasteiger partial charge in [-0.3, -0.25) is 9.78 Å². The van der Waals surface area contributed by atoms with Crippen LogP contribution in [0.2, 0.25) is 0 Å². The van der Waals surface area contributed by atoms with Crippen LogP contribution in [0.3, 0.4) is 0 Å². The summed E-state index contributed by atoms with van der Waals surface area (Å²) in [6.07, 6.45) is -1.44. The van der Waals surface area contributed by atoms with E-state index in [2.05, 4.69) is 9.72 Å². The molecule has 0 amide bonds. The minimum Gasteiger partial charge on any atom is -0.469 e. The first-order valence-electron chi connectivity index (χ1n) is 4.46. The van der Waals surface area contributed by atoms with Gasteiger partial charge >= 0.3 is 5.97 Å². The van der Waals surface area contributed by atoms with Gasteiger partial charge in [0, 0.05) is 15.3 Å². The number of halogens is 3. The number of rotatable bonds is 3. The molecule has 1 aromatic heterocycles. The molecule has 3 nitrogen and oxygen atoms in total. The summed E-state index contributed by atoms with van der Waals surface area (Å²) in [7, 11) is 1.27. The largest absolute Gasteiger partial charge is 0.469 e. The van der Waals surface area contributed by atoms with E-state index in [1.54, 1.807) is 6.92 Å². The zero-order valence-electron chi connectivity index (χ0n) is 8.76. The molecule has 0 atom stereocenters. The van der Waals surface area contributed by atoms with Gasteiger partial charge < -0.3 is 4.74 Å². The number of ether oxygens (including phenoxy) is 1. The van der Waals surface area contributed by atoms with Gasteiger partial charge in [-0.25, -0.2) is 8.78 Å². The van der Waals surface area contributed by atoms with Gasteiger partial charge in [0.2, 0.25) is 0 Å². The number of alkyl halides is 2. The van der Waals surface area contributed by atoms with Gasteiger partial charge in [0.25, 0.3) is 6.43 Å². The summed E-state index contributed by atoms with van der Waals surface area (Å²) in [6.45, 7) is 1.67. The average molecular weight is 341 g/mol. The first kappa shape index (κ1) is 13.3. The molecule has 0 aliphatic carbocycles. The van der Waals surface area contributed by atoms with Crippen LogP contribution >= 0.6 is 22.6 Å². The van der Waals surface area contributed by atoms with Crippen molar-refractivity contribution in [1.82, 2.24) is 4.98 Å². The molecule has 0 bridgehead atoms. The average Bonchev–Trinajstić information content (AvgIpc) is 2.24.